The van der Waals surface area contributed by atoms with Crippen LogP contribution in [0.15, 0.2) is 24.3 Å². The van der Waals surface area contributed by atoms with Crippen LogP contribution in [0.25, 0.3) is 0 Å². The lowest BCUT2D eigenvalue weighted by molar-refractivity contribution is -0.161. The Morgan fingerprint density at radius 3 is 2.57 bits per heavy atom. The van der Waals surface area contributed by atoms with Gasteiger partial charge in [0.25, 0.3) is 0 Å². The minimum atomic E-state index is -0.442. The van der Waals surface area contributed by atoms with E-state index in [-0.39, 0.29) is 18.5 Å². The molecule has 1 aliphatic heterocycles. The molecule has 0 aliphatic carbocycles. The van der Waals surface area contributed by atoms with Gasteiger partial charge < -0.3 is 18.9 Å². The largest absolute Gasteiger partial charge is 0.494 e. The number of unbranched alkanes of at least 4 members (excludes halogenated alkanes) is 1. The van der Waals surface area contributed by atoms with Crippen molar-refractivity contribution in [1.29, 1.82) is 0 Å². The van der Waals surface area contributed by atoms with E-state index in [0.717, 1.165) is 38.0 Å². The zero-order chi connectivity index (χ0) is 20.0. The smallest absolute Gasteiger partial charge is 0.313 e. The van der Waals surface area contributed by atoms with Gasteiger partial charge in [0.1, 0.15) is 18.0 Å². The summed E-state index contributed by atoms with van der Waals surface area (Å²) in [4.78, 5) is 22.5. The van der Waals surface area contributed by atoms with Crippen LogP contribution in [-0.4, -0.2) is 44.5 Å². The van der Waals surface area contributed by atoms with Crippen molar-refractivity contribution in [3.8, 4) is 5.75 Å². The van der Waals surface area contributed by atoms with Gasteiger partial charge in [-0.2, -0.15) is 0 Å². The lowest BCUT2D eigenvalue weighted by Crippen LogP contribution is -2.23. The highest BCUT2D eigenvalue weighted by molar-refractivity contribution is 5.95. The Morgan fingerprint density at radius 1 is 1.07 bits per heavy atom. The first-order chi connectivity index (χ1) is 13.7. The summed E-state index contributed by atoms with van der Waals surface area (Å²) in [5.74, 6) is 0.291. The van der Waals surface area contributed by atoms with Crippen molar-refractivity contribution in [2.24, 2.45) is 0 Å². The molecule has 1 fully saturated rings. The van der Waals surface area contributed by atoms with E-state index < -0.39 is 5.97 Å². The first-order valence-corrected chi connectivity index (χ1v) is 10.3. The molecule has 1 atom stereocenters. The van der Waals surface area contributed by atoms with Crippen LogP contribution in [0.5, 0.6) is 5.75 Å². The summed E-state index contributed by atoms with van der Waals surface area (Å²) in [5, 5.41) is 0. The highest BCUT2D eigenvalue weighted by atomic mass is 16.7. The molecule has 2 rings (SSSR count). The summed E-state index contributed by atoms with van der Waals surface area (Å²) in [7, 11) is 0. The minimum Gasteiger partial charge on any atom is -0.494 e. The lowest BCUT2D eigenvalue weighted by Gasteiger charge is -2.22. The molecule has 156 valence electrons. The minimum absolute atomic E-state index is 0.0391. The molecule has 0 amide bonds. The van der Waals surface area contributed by atoms with Crippen molar-refractivity contribution < 1.29 is 28.5 Å². The summed E-state index contributed by atoms with van der Waals surface area (Å²) in [6.45, 7) is 4.08. The summed E-state index contributed by atoms with van der Waals surface area (Å²) in [6.07, 6.45) is 5.85. The standard InChI is InChI=1S/C22H32O6/c1-2-19(23)17-21(24)26-14-6-5-13-25-20-10-8-18(9-11-20)12-16-28-22-7-3-4-15-27-22/h8-11,22H,2-7,12-17H2,1H3. The van der Waals surface area contributed by atoms with E-state index in [9.17, 15) is 9.59 Å². The zero-order valence-electron chi connectivity index (χ0n) is 16.8. The normalized spacial score (nSPS) is 16.5. The summed E-state index contributed by atoms with van der Waals surface area (Å²) in [5.41, 5.74) is 1.21. The number of carbonyl (C=O) groups is 2. The number of benzene rings is 1. The molecule has 6 nitrogen and oxygen atoms in total. The van der Waals surface area contributed by atoms with Crippen molar-refractivity contribution >= 4 is 11.8 Å². The fraction of sp³-hybridized carbons (Fsp3) is 0.636. The molecule has 0 saturated carbocycles. The summed E-state index contributed by atoms with van der Waals surface area (Å²) in [6, 6.07) is 8.02. The first kappa shape index (κ1) is 22.4. The van der Waals surface area contributed by atoms with Crippen molar-refractivity contribution in [2.45, 2.75) is 64.6 Å². The average Bonchev–Trinajstić information content (AvgIpc) is 2.72. The van der Waals surface area contributed by atoms with Crippen LogP contribution in [-0.2, 0) is 30.2 Å². The third-order valence-electron chi connectivity index (χ3n) is 4.56. The molecule has 1 aliphatic rings. The average molecular weight is 392 g/mol. The molecule has 0 aromatic heterocycles. The topological polar surface area (TPSA) is 71.1 Å². The maximum absolute atomic E-state index is 11.4. The molecule has 1 aromatic rings. The van der Waals surface area contributed by atoms with Crippen molar-refractivity contribution in [2.75, 3.05) is 26.4 Å². The van der Waals surface area contributed by atoms with E-state index >= 15 is 0 Å². The van der Waals surface area contributed by atoms with Crippen LogP contribution >= 0.6 is 0 Å². The number of carbonyl (C=O) groups excluding carboxylic acids is 2. The highest BCUT2D eigenvalue weighted by Gasteiger charge is 2.13. The molecule has 1 heterocycles. The summed E-state index contributed by atoms with van der Waals surface area (Å²) >= 11 is 0. The number of hydrogen-bond acceptors (Lipinski definition) is 6. The van der Waals surface area contributed by atoms with Gasteiger partial charge in [-0.1, -0.05) is 19.1 Å². The summed E-state index contributed by atoms with van der Waals surface area (Å²) < 4.78 is 22.0. The van der Waals surface area contributed by atoms with E-state index in [0.29, 0.717) is 32.7 Å². The fourth-order valence-corrected chi connectivity index (χ4v) is 2.82. The fourth-order valence-electron chi connectivity index (χ4n) is 2.82. The van der Waals surface area contributed by atoms with Crippen LogP contribution in [0, 0.1) is 0 Å². The van der Waals surface area contributed by atoms with Gasteiger partial charge in [-0.05, 0) is 56.2 Å². The van der Waals surface area contributed by atoms with E-state index in [2.05, 4.69) is 0 Å². The Morgan fingerprint density at radius 2 is 1.86 bits per heavy atom. The SMILES string of the molecule is CCC(=O)CC(=O)OCCCCOc1ccc(CCOC2CCCCO2)cc1. The number of hydrogen-bond donors (Lipinski definition) is 0. The van der Waals surface area contributed by atoms with Crippen molar-refractivity contribution in [3.05, 3.63) is 29.8 Å². The van der Waals surface area contributed by atoms with Gasteiger partial charge in [-0.15, -0.1) is 0 Å². The van der Waals surface area contributed by atoms with E-state index in [1.165, 1.54) is 12.0 Å². The van der Waals surface area contributed by atoms with Gasteiger partial charge in [0.05, 0.1) is 19.8 Å². The van der Waals surface area contributed by atoms with E-state index in [1.807, 2.05) is 24.3 Å². The van der Waals surface area contributed by atoms with Crippen molar-refractivity contribution in [1.82, 2.24) is 0 Å². The Labute approximate surface area is 167 Å². The quantitative estimate of drug-likeness (QED) is 0.289. The van der Waals surface area contributed by atoms with Crippen LogP contribution in [0.1, 0.15) is 57.4 Å². The van der Waals surface area contributed by atoms with Gasteiger partial charge in [0, 0.05) is 13.0 Å². The van der Waals surface area contributed by atoms with Gasteiger partial charge in [0.2, 0.25) is 0 Å². The Kier molecular flexibility index (Phi) is 10.6. The number of esters is 1. The van der Waals surface area contributed by atoms with E-state index in [1.54, 1.807) is 6.92 Å². The Bertz CT molecular complexity index is 577. The van der Waals surface area contributed by atoms with Gasteiger partial charge in [-0.25, -0.2) is 0 Å². The number of ketones is 1. The van der Waals surface area contributed by atoms with E-state index in [4.69, 9.17) is 18.9 Å². The predicted molar refractivity (Wildman–Crippen MR) is 105 cm³/mol. The second-order valence-corrected chi connectivity index (χ2v) is 6.91. The second-order valence-electron chi connectivity index (χ2n) is 6.91. The molecule has 6 heteroatoms. The van der Waals surface area contributed by atoms with Gasteiger partial charge >= 0.3 is 5.97 Å². The van der Waals surface area contributed by atoms with Gasteiger partial charge in [-0.3, -0.25) is 9.59 Å². The molecule has 0 spiro atoms. The Hall–Kier alpha value is -1.92. The monoisotopic (exact) mass is 392 g/mol. The zero-order valence-corrected chi connectivity index (χ0v) is 16.8. The third-order valence-corrected chi connectivity index (χ3v) is 4.56. The van der Waals surface area contributed by atoms with Crippen molar-refractivity contribution in [3.63, 3.8) is 0 Å². The molecule has 1 unspecified atom stereocenters. The molecule has 28 heavy (non-hydrogen) atoms. The predicted octanol–water partition coefficient (Wildman–Crippen LogP) is 3.84. The second kappa shape index (κ2) is 13.3. The van der Waals surface area contributed by atoms with Crippen LogP contribution < -0.4 is 4.74 Å². The Balaban J connectivity index is 1.51. The maximum Gasteiger partial charge on any atom is 0.313 e. The number of rotatable bonds is 13. The first-order valence-electron chi connectivity index (χ1n) is 10.3. The molecule has 0 N–H and O–H groups in total. The molecule has 1 saturated heterocycles. The van der Waals surface area contributed by atoms with Crippen LogP contribution in [0.4, 0.5) is 0 Å². The van der Waals surface area contributed by atoms with Gasteiger partial charge in [0.15, 0.2) is 6.29 Å². The molecular formula is C22H32O6. The number of ether oxygens (including phenoxy) is 4. The maximum atomic E-state index is 11.4. The van der Waals surface area contributed by atoms with Crippen LogP contribution in [0.3, 0.4) is 0 Å². The molecule has 1 aromatic carbocycles. The molecule has 0 bridgehead atoms. The number of Topliss-reactive ketones (excluding diaryl/α,β-unsaturated/α-hetero) is 1. The lowest BCUT2D eigenvalue weighted by atomic mass is 10.1. The highest BCUT2D eigenvalue weighted by Crippen LogP contribution is 2.16. The third kappa shape index (κ3) is 9.33. The molecule has 0 radical (unpaired) electrons. The molecular weight excluding hydrogens is 360 g/mol. The van der Waals surface area contributed by atoms with Crippen LogP contribution in [0.2, 0.25) is 0 Å².